The molecule has 3 heterocycles. The lowest BCUT2D eigenvalue weighted by Gasteiger charge is -2.35. The highest BCUT2D eigenvalue weighted by molar-refractivity contribution is 5.83. The van der Waals surface area contributed by atoms with Crippen LogP contribution in [0.5, 0.6) is 5.88 Å². The summed E-state index contributed by atoms with van der Waals surface area (Å²) >= 11 is 0. The Morgan fingerprint density at radius 2 is 2.08 bits per heavy atom. The number of furan rings is 1. The van der Waals surface area contributed by atoms with Crippen LogP contribution >= 0.6 is 0 Å². The van der Waals surface area contributed by atoms with Gasteiger partial charge in [0.05, 0.1) is 13.4 Å². The molecule has 0 spiro atoms. The summed E-state index contributed by atoms with van der Waals surface area (Å²) in [6, 6.07) is 5.65. The van der Waals surface area contributed by atoms with E-state index in [0.29, 0.717) is 24.9 Å². The zero-order valence-corrected chi connectivity index (χ0v) is 14.5. The third kappa shape index (κ3) is 3.18. The van der Waals surface area contributed by atoms with Crippen molar-refractivity contribution in [2.24, 2.45) is 5.92 Å². The second-order valence-corrected chi connectivity index (χ2v) is 6.63. The lowest BCUT2D eigenvalue weighted by Crippen LogP contribution is -2.49. The Bertz CT molecular complexity index is 754. The van der Waals surface area contributed by atoms with Gasteiger partial charge in [0.25, 0.3) is 0 Å². The van der Waals surface area contributed by atoms with Crippen LogP contribution in [-0.4, -0.2) is 54.1 Å². The molecule has 1 saturated heterocycles. The molecule has 1 amide bonds. The van der Waals surface area contributed by atoms with Gasteiger partial charge in [-0.2, -0.15) is 4.98 Å². The highest BCUT2D eigenvalue weighted by Crippen LogP contribution is 2.48. The van der Waals surface area contributed by atoms with Crippen LogP contribution in [0.1, 0.15) is 23.8 Å². The molecule has 2 fully saturated rings. The standard InChI is InChI=1S/C18H22N4O3/c1-12-10-16(24-2)20-18(19-12)22-7-5-21(6-8-22)17(23)14-11-13(14)15-4-3-9-25-15/h3-4,9-10,13-14H,5-8,11H2,1-2H3. The number of aromatic nitrogens is 2. The molecule has 0 radical (unpaired) electrons. The van der Waals surface area contributed by atoms with Gasteiger partial charge in [-0.05, 0) is 25.5 Å². The number of anilines is 1. The predicted molar refractivity (Wildman–Crippen MR) is 91.7 cm³/mol. The van der Waals surface area contributed by atoms with E-state index in [1.807, 2.05) is 30.0 Å². The highest BCUT2D eigenvalue weighted by atomic mass is 16.5. The number of ether oxygens (including phenoxy) is 1. The van der Waals surface area contributed by atoms with Crippen molar-refractivity contribution in [1.82, 2.24) is 14.9 Å². The number of hydrogen-bond donors (Lipinski definition) is 0. The number of carbonyl (C=O) groups excluding carboxylic acids is 1. The molecule has 1 aliphatic carbocycles. The largest absolute Gasteiger partial charge is 0.481 e. The summed E-state index contributed by atoms with van der Waals surface area (Å²) in [6.45, 7) is 4.78. The molecule has 2 atom stereocenters. The average molecular weight is 342 g/mol. The van der Waals surface area contributed by atoms with Gasteiger partial charge in [0, 0.05) is 49.8 Å². The van der Waals surface area contributed by atoms with Gasteiger partial charge in [-0.15, -0.1) is 0 Å². The maximum Gasteiger partial charge on any atom is 0.228 e. The number of aryl methyl sites for hydroxylation is 1. The van der Waals surface area contributed by atoms with Crippen LogP contribution in [0.15, 0.2) is 28.9 Å². The van der Waals surface area contributed by atoms with Gasteiger partial charge in [-0.3, -0.25) is 4.79 Å². The van der Waals surface area contributed by atoms with E-state index >= 15 is 0 Å². The Hall–Kier alpha value is -2.57. The molecule has 2 unspecified atom stereocenters. The quantitative estimate of drug-likeness (QED) is 0.844. The molecule has 2 aromatic rings. The molecule has 4 rings (SSSR count). The van der Waals surface area contributed by atoms with Gasteiger partial charge in [-0.25, -0.2) is 4.98 Å². The fourth-order valence-electron chi connectivity index (χ4n) is 3.42. The van der Waals surface area contributed by atoms with Gasteiger partial charge in [0.2, 0.25) is 17.7 Å². The van der Waals surface area contributed by atoms with Crippen LogP contribution in [0, 0.1) is 12.8 Å². The molecule has 7 heteroatoms. The van der Waals surface area contributed by atoms with Crippen molar-refractivity contribution in [1.29, 1.82) is 0 Å². The van der Waals surface area contributed by atoms with E-state index in [4.69, 9.17) is 9.15 Å². The normalized spacial score (nSPS) is 22.8. The minimum atomic E-state index is 0.0769. The molecular weight excluding hydrogens is 320 g/mol. The average Bonchev–Trinajstić information content (AvgIpc) is 3.25. The smallest absolute Gasteiger partial charge is 0.228 e. The predicted octanol–water partition coefficient (Wildman–Crippen LogP) is 1.84. The lowest BCUT2D eigenvalue weighted by atomic mass is 10.2. The van der Waals surface area contributed by atoms with Gasteiger partial charge < -0.3 is 19.0 Å². The highest BCUT2D eigenvalue weighted by Gasteiger charge is 2.47. The summed E-state index contributed by atoms with van der Waals surface area (Å²) in [6.07, 6.45) is 2.56. The van der Waals surface area contributed by atoms with Crippen molar-refractivity contribution in [3.8, 4) is 5.88 Å². The van der Waals surface area contributed by atoms with Gasteiger partial charge in [0.1, 0.15) is 5.76 Å². The van der Waals surface area contributed by atoms with E-state index in [2.05, 4.69) is 14.9 Å². The molecule has 2 aromatic heterocycles. The van der Waals surface area contributed by atoms with E-state index in [1.165, 1.54) is 0 Å². The summed E-state index contributed by atoms with van der Waals surface area (Å²) in [5, 5.41) is 0. The third-order valence-electron chi connectivity index (χ3n) is 4.92. The molecule has 1 saturated carbocycles. The van der Waals surface area contributed by atoms with Crippen molar-refractivity contribution in [3.05, 3.63) is 35.9 Å². The first-order chi connectivity index (χ1) is 12.2. The Labute approximate surface area is 146 Å². The van der Waals surface area contributed by atoms with Crippen LogP contribution in [0.4, 0.5) is 5.95 Å². The summed E-state index contributed by atoms with van der Waals surface area (Å²) in [5.74, 6) is 2.74. The Balaban J connectivity index is 1.36. The number of piperazine rings is 1. The molecular formula is C18H22N4O3. The topological polar surface area (TPSA) is 71.7 Å². The Morgan fingerprint density at radius 1 is 1.28 bits per heavy atom. The number of nitrogens with zero attached hydrogens (tertiary/aromatic N) is 4. The first-order valence-electron chi connectivity index (χ1n) is 8.62. The van der Waals surface area contributed by atoms with E-state index in [0.717, 1.165) is 31.0 Å². The van der Waals surface area contributed by atoms with Crippen LogP contribution in [-0.2, 0) is 4.79 Å². The first-order valence-corrected chi connectivity index (χ1v) is 8.62. The van der Waals surface area contributed by atoms with Crippen molar-refractivity contribution < 1.29 is 13.9 Å². The number of hydrogen-bond acceptors (Lipinski definition) is 6. The fourth-order valence-corrected chi connectivity index (χ4v) is 3.42. The number of rotatable bonds is 4. The number of carbonyl (C=O) groups is 1. The second kappa shape index (κ2) is 6.38. The third-order valence-corrected chi connectivity index (χ3v) is 4.92. The zero-order valence-electron chi connectivity index (χ0n) is 14.5. The minimum absolute atomic E-state index is 0.0769. The minimum Gasteiger partial charge on any atom is -0.481 e. The van der Waals surface area contributed by atoms with Crippen molar-refractivity contribution in [2.75, 3.05) is 38.2 Å². The molecule has 0 bridgehead atoms. The molecule has 0 aromatic carbocycles. The van der Waals surface area contributed by atoms with Crippen LogP contribution in [0.2, 0.25) is 0 Å². The van der Waals surface area contributed by atoms with Gasteiger partial charge in [0.15, 0.2) is 0 Å². The molecule has 2 aliphatic rings. The first kappa shape index (κ1) is 15.9. The SMILES string of the molecule is COc1cc(C)nc(N2CCN(C(=O)C3CC3c3ccco3)CC2)n1. The zero-order chi connectivity index (χ0) is 17.4. The van der Waals surface area contributed by atoms with Crippen molar-refractivity contribution in [3.63, 3.8) is 0 Å². The molecule has 25 heavy (non-hydrogen) atoms. The summed E-state index contributed by atoms with van der Waals surface area (Å²) in [7, 11) is 1.60. The van der Waals surface area contributed by atoms with E-state index in [9.17, 15) is 4.79 Å². The van der Waals surface area contributed by atoms with Crippen LogP contribution < -0.4 is 9.64 Å². The van der Waals surface area contributed by atoms with Crippen LogP contribution in [0.25, 0.3) is 0 Å². The molecule has 0 N–H and O–H groups in total. The van der Waals surface area contributed by atoms with Crippen molar-refractivity contribution in [2.45, 2.75) is 19.3 Å². The maximum absolute atomic E-state index is 12.7. The summed E-state index contributed by atoms with van der Waals surface area (Å²) < 4.78 is 10.6. The van der Waals surface area contributed by atoms with E-state index in [1.54, 1.807) is 13.4 Å². The lowest BCUT2D eigenvalue weighted by molar-refractivity contribution is -0.133. The van der Waals surface area contributed by atoms with E-state index < -0.39 is 0 Å². The Morgan fingerprint density at radius 3 is 2.76 bits per heavy atom. The number of amides is 1. The summed E-state index contributed by atoms with van der Waals surface area (Å²) in [4.78, 5) is 25.6. The second-order valence-electron chi connectivity index (χ2n) is 6.63. The van der Waals surface area contributed by atoms with Crippen molar-refractivity contribution >= 4 is 11.9 Å². The molecule has 132 valence electrons. The summed E-state index contributed by atoms with van der Waals surface area (Å²) in [5.41, 5.74) is 0.875. The maximum atomic E-state index is 12.7. The van der Waals surface area contributed by atoms with Gasteiger partial charge in [-0.1, -0.05) is 0 Å². The fraction of sp³-hybridized carbons (Fsp3) is 0.500. The van der Waals surface area contributed by atoms with Gasteiger partial charge >= 0.3 is 0 Å². The number of methoxy groups -OCH3 is 1. The Kier molecular flexibility index (Phi) is 4.07. The van der Waals surface area contributed by atoms with Crippen LogP contribution in [0.3, 0.4) is 0 Å². The van der Waals surface area contributed by atoms with E-state index in [-0.39, 0.29) is 17.7 Å². The molecule has 1 aliphatic heterocycles. The molecule has 7 nitrogen and oxygen atoms in total. The monoisotopic (exact) mass is 342 g/mol.